The van der Waals surface area contributed by atoms with Crippen molar-refractivity contribution >= 4 is 0 Å². The molecule has 0 spiro atoms. The third kappa shape index (κ3) is 4.42. The van der Waals surface area contributed by atoms with E-state index in [1.54, 1.807) is 0 Å². The van der Waals surface area contributed by atoms with E-state index in [0.29, 0.717) is 13.2 Å². The fourth-order valence-electron chi connectivity index (χ4n) is 1.42. The Labute approximate surface area is 98.1 Å². The molecule has 0 heterocycles. The molecule has 0 aromatic rings. The number of nitrogens with one attached hydrogen (secondary N) is 1. The van der Waals surface area contributed by atoms with E-state index in [0.717, 1.165) is 0 Å². The minimum absolute atomic E-state index is 0.00426. The molecule has 1 rings (SSSR count). The SMILES string of the molecule is COCCOCC(O)CNC1(C(F)(F)F)CC1. The summed E-state index contributed by atoms with van der Waals surface area (Å²) < 4.78 is 47.3. The number of rotatable bonds is 8. The number of β-amino-alcohol motifs (C(OH)–C–C–N with tert-alkyl or cyclic N) is 1. The zero-order chi connectivity index (χ0) is 12.9. The predicted molar refractivity (Wildman–Crippen MR) is 54.7 cm³/mol. The lowest BCUT2D eigenvalue weighted by Crippen LogP contribution is -2.48. The number of ether oxygens (including phenoxy) is 2. The first-order chi connectivity index (χ1) is 7.91. The van der Waals surface area contributed by atoms with Gasteiger partial charge in [0.1, 0.15) is 5.54 Å². The molecule has 0 amide bonds. The Bertz CT molecular complexity index is 231. The monoisotopic (exact) mass is 257 g/mol. The summed E-state index contributed by atoms with van der Waals surface area (Å²) in [5.74, 6) is 0. The maximum Gasteiger partial charge on any atom is 0.406 e. The average molecular weight is 257 g/mol. The predicted octanol–water partition coefficient (Wildman–Crippen LogP) is 0.695. The van der Waals surface area contributed by atoms with Gasteiger partial charge < -0.3 is 19.9 Å². The highest BCUT2D eigenvalue weighted by atomic mass is 19.4. The third-order valence-electron chi connectivity index (χ3n) is 2.71. The van der Waals surface area contributed by atoms with Crippen molar-refractivity contribution in [2.45, 2.75) is 30.7 Å². The van der Waals surface area contributed by atoms with Crippen LogP contribution in [-0.4, -0.2) is 56.4 Å². The average Bonchev–Trinajstić information content (AvgIpc) is 3.02. The van der Waals surface area contributed by atoms with Crippen LogP contribution in [0.3, 0.4) is 0 Å². The van der Waals surface area contributed by atoms with E-state index in [1.165, 1.54) is 7.11 Å². The number of alkyl halides is 3. The van der Waals surface area contributed by atoms with E-state index in [9.17, 15) is 18.3 Å². The molecule has 4 nitrogen and oxygen atoms in total. The van der Waals surface area contributed by atoms with Crippen molar-refractivity contribution in [2.75, 3.05) is 33.5 Å². The molecule has 1 atom stereocenters. The van der Waals surface area contributed by atoms with Crippen molar-refractivity contribution in [1.29, 1.82) is 0 Å². The second kappa shape index (κ2) is 5.99. The van der Waals surface area contributed by atoms with Gasteiger partial charge in [-0.05, 0) is 12.8 Å². The summed E-state index contributed by atoms with van der Waals surface area (Å²) in [5.41, 5.74) is -1.78. The maximum absolute atomic E-state index is 12.5. The van der Waals surface area contributed by atoms with Crippen LogP contribution >= 0.6 is 0 Å². The zero-order valence-electron chi connectivity index (χ0n) is 9.72. The summed E-state index contributed by atoms with van der Waals surface area (Å²) >= 11 is 0. The quantitative estimate of drug-likeness (QED) is 0.628. The van der Waals surface area contributed by atoms with Crippen LogP contribution in [0.1, 0.15) is 12.8 Å². The van der Waals surface area contributed by atoms with Gasteiger partial charge in [-0.1, -0.05) is 0 Å². The summed E-state index contributed by atoms with van der Waals surface area (Å²) in [6.45, 7) is 0.599. The molecule has 0 aliphatic heterocycles. The number of halogens is 3. The topological polar surface area (TPSA) is 50.7 Å². The lowest BCUT2D eigenvalue weighted by molar-refractivity contribution is -0.167. The Morgan fingerprint density at radius 1 is 1.35 bits per heavy atom. The Hall–Kier alpha value is -0.370. The molecule has 1 unspecified atom stereocenters. The van der Waals surface area contributed by atoms with Crippen LogP contribution in [-0.2, 0) is 9.47 Å². The molecule has 102 valence electrons. The first-order valence-electron chi connectivity index (χ1n) is 5.48. The molecule has 1 fully saturated rings. The van der Waals surface area contributed by atoms with Crippen LogP contribution in [0.15, 0.2) is 0 Å². The Morgan fingerprint density at radius 2 is 2.00 bits per heavy atom. The molecule has 0 saturated heterocycles. The summed E-state index contributed by atoms with van der Waals surface area (Å²) in [6, 6.07) is 0. The Kier molecular flexibility index (Phi) is 5.18. The zero-order valence-corrected chi connectivity index (χ0v) is 9.72. The highest BCUT2D eigenvalue weighted by molar-refractivity contribution is 5.08. The van der Waals surface area contributed by atoms with E-state index in [2.05, 4.69) is 5.32 Å². The van der Waals surface area contributed by atoms with E-state index in [1.807, 2.05) is 0 Å². The first-order valence-corrected chi connectivity index (χ1v) is 5.48. The van der Waals surface area contributed by atoms with Crippen LogP contribution in [0.25, 0.3) is 0 Å². The van der Waals surface area contributed by atoms with Crippen molar-refractivity contribution in [3.05, 3.63) is 0 Å². The lowest BCUT2D eigenvalue weighted by atomic mass is 10.2. The summed E-state index contributed by atoms with van der Waals surface area (Å²) in [7, 11) is 1.52. The number of hydrogen-bond acceptors (Lipinski definition) is 4. The van der Waals surface area contributed by atoms with Crippen molar-refractivity contribution in [1.82, 2.24) is 5.32 Å². The molecule has 2 N–H and O–H groups in total. The largest absolute Gasteiger partial charge is 0.406 e. The molecular formula is C10H18F3NO3. The van der Waals surface area contributed by atoms with Gasteiger partial charge in [0.25, 0.3) is 0 Å². The highest BCUT2D eigenvalue weighted by Gasteiger charge is 2.63. The molecule has 1 aliphatic carbocycles. The van der Waals surface area contributed by atoms with Gasteiger partial charge in [0.2, 0.25) is 0 Å². The van der Waals surface area contributed by atoms with Gasteiger partial charge in [0.05, 0.1) is 25.9 Å². The van der Waals surface area contributed by atoms with Gasteiger partial charge >= 0.3 is 6.18 Å². The summed E-state index contributed by atoms with van der Waals surface area (Å²) in [5, 5.41) is 11.8. The molecule has 1 saturated carbocycles. The smallest absolute Gasteiger partial charge is 0.389 e. The van der Waals surface area contributed by atoms with Gasteiger partial charge in [0, 0.05) is 13.7 Å². The molecule has 0 aromatic carbocycles. The van der Waals surface area contributed by atoms with Gasteiger partial charge in [-0.2, -0.15) is 13.2 Å². The molecular weight excluding hydrogens is 239 g/mol. The molecule has 0 aromatic heterocycles. The van der Waals surface area contributed by atoms with Gasteiger partial charge in [-0.15, -0.1) is 0 Å². The maximum atomic E-state index is 12.5. The number of aliphatic hydroxyl groups is 1. The third-order valence-corrected chi connectivity index (χ3v) is 2.71. The Morgan fingerprint density at radius 3 is 2.47 bits per heavy atom. The molecule has 1 aliphatic rings. The van der Waals surface area contributed by atoms with Crippen molar-refractivity contribution in [3.8, 4) is 0 Å². The molecule has 7 heteroatoms. The minimum Gasteiger partial charge on any atom is -0.389 e. The minimum atomic E-state index is -4.25. The second-order valence-corrected chi connectivity index (χ2v) is 4.18. The number of hydrogen-bond donors (Lipinski definition) is 2. The van der Waals surface area contributed by atoms with E-state index in [4.69, 9.17) is 9.47 Å². The van der Waals surface area contributed by atoms with E-state index < -0.39 is 17.8 Å². The second-order valence-electron chi connectivity index (χ2n) is 4.18. The van der Waals surface area contributed by atoms with E-state index >= 15 is 0 Å². The molecule has 0 bridgehead atoms. The van der Waals surface area contributed by atoms with Crippen LogP contribution in [0.5, 0.6) is 0 Å². The van der Waals surface area contributed by atoms with Gasteiger partial charge in [-0.25, -0.2) is 0 Å². The van der Waals surface area contributed by atoms with Gasteiger partial charge in [-0.3, -0.25) is 0 Å². The number of aliphatic hydroxyl groups excluding tert-OH is 1. The highest BCUT2D eigenvalue weighted by Crippen LogP contribution is 2.48. The summed E-state index contributed by atoms with van der Waals surface area (Å²) in [4.78, 5) is 0. The van der Waals surface area contributed by atoms with Gasteiger partial charge in [0.15, 0.2) is 0 Å². The van der Waals surface area contributed by atoms with Crippen LogP contribution in [0.4, 0.5) is 13.2 Å². The van der Waals surface area contributed by atoms with E-state index in [-0.39, 0.29) is 26.0 Å². The van der Waals surface area contributed by atoms with Crippen molar-refractivity contribution in [3.63, 3.8) is 0 Å². The molecule has 0 radical (unpaired) electrons. The normalized spacial score (nSPS) is 20.3. The van der Waals surface area contributed by atoms with Crippen LogP contribution in [0.2, 0.25) is 0 Å². The van der Waals surface area contributed by atoms with Crippen LogP contribution in [0, 0.1) is 0 Å². The van der Waals surface area contributed by atoms with Crippen LogP contribution < -0.4 is 5.32 Å². The molecule has 17 heavy (non-hydrogen) atoms. The summed E-state index contributed by atoms with van der Waals surface area (Å²) in [6.07, 6.45) is -5.03. The fourth-order valence-corrected chi connectivity index (χ4v) is 1.42. The van der Waals surface area contributed by atoms with Crippen molar-refractivity contribution in [2.24, 2.45) is 0 Å². The lowest BCUT2D eigenvalue weighted by Gasteiger charge is -2.22. The standard InChI is InChI=1S/C10H18F3NO3/c1-16-4-5-17-7-8(15)6-14-9(2-3-9)10(11,12)13/h8,14-15H,2-7H2,1H3. The number of methoxy groups -OCH3 is 1. The fraction of sp³-hybridized carbons (Fsp3) is 1.00. The first kappa shape index (κ1) is 14.7. The Balaban J connectivity index is 2.14. The van der Waals surface area contributed by atoms with Crippen molar-refractivity contribution < 1.29 is 27.8 Å².